The fraction of sp³-hybridized carbons (Fsp3) is 0.0769. The summed E-state index contributed by atoms with van der Waals surface area (Å²) in [4.78, 5) is 16.0. The number of rotatable bonds is 3. The van der Waals surface area contributed by atoms with Crippen LogP contribution in [0.15, 0.2) is 45.6 Å². The Labute approximate surface area is 121 Å². The normalized spacial score (nSPS) is 10.4. The van der Waals surface area contributed by atoms with Gasteiger partial charge < -0.3 is 0 Å². The molecule has 0 N–H and O–H groups in total. The summed E-state index contributed by atoms with van der Waals surface area (Å²) in [7, 11) is 0. The largest absolute Gasteiger partial charge is 0.294 e. The summed E-state index contributed by atoms with van der Waals surface area (Å²) in [6.45, 7) is 0. The van der Waals surface area contributed by atoms with Crippen molar-refractivity contribution in [1.82, 2.24) is 4.98 Å². The number of halogens is 3. The van der Waals surface area contributed by atoms with Crippen LogP contribution in [0.3, 0.4) is 0 Å². The lowest BCUT2D eigenvalue weighted by Gasteiger charge is -2.03. The third-order valence-corrected chi connectivity index (χ3v) is 3.41. The van der Waals surface area contributed by atoms with Crippen LogP contribution in [0.2, 0.25) is 0 Å². The Balaban J connectivity index is 2.19. The van der Waals surface area contributed by atoms with E-state index >= 15 is 0 Å². The molecule has 2 rings (SSSR count). The molecular formula is C13H8Br2FNO. The Morgan fingerprint density at radius 1 is 1.22 bits per heavy atom. The first-order chi connectivity index (χ1) is 8.56. The van der Waals surface area contributed by atoms with Crippen molar-refractivity contribution in [3.8, 4) is 0 Å². The van der Waals surface area contributed by atoms with Gasteiger partial charge in [0.15, 0.2) is 5.78 Å². The van der Waals surface area contributed by atoms with Gasteiger partial charge in [-0.15, -0.1) is 0 Å². The van der Waals surface area contributed by atoms with E-state index in [0.717, 1.165) is 10.0 Å². The molecule has 2 nitrogen and oxygen atoms in total. The summed E-state index contributed by atoms with van der Waals surface area (Å²) in [5.41, 5.74) is 1.29. The highest BCUT2D eigenvalue weighted by Gasteiger charge is 2.10. The van der Waals surface area contributed by atoms with Crippen molar-refractivity contribution in [1.29, 1.82) is 0 Å². The Morgan fingerprint density at radius 3 is 2.67 bits per heavy atom. The number of ketones is 1. The zero-order valence-corrected chi connectivity index (χ0v) is 12.3. The van der Waals surface area contributed by atoms with Crippen LogP contribution in [0.1, 0.15) is 15.9 Å². The van der Waals surface area contributed by atoms with Gasteiger partial charge in [0, 0.05) is 28.9 Å². The SMILES string of the molecule is O=C(Cc1cncc(Br)c1)c1ccc(F)c(Br)c1. The van der Waals surface area contributed by atoms with E-state index in [-0.39, 0.29) is 18.0 Å². The Kier molecular flexibility index (Phi) is 4.24. The number of carbonyl (C=O) groups is 1. The highest BCUT2D eigenvalue weighted by molar-refractivity contribution is 9.10. The van der Waals surface area contributed by atoms with Gasteiger partial charge in [0.2, 0.25) is 0 Å². The molecule has 0 radical (unpaired) electrons. The molecule has 0 atom stereocenters. The van der Waals surface area contributed by atoms with E-state index in [4.69, 9.17) is 0 Å². The van der Waals surface area contributed by atoms with Gasteiger partial charge in [0.05, 0.1) is 4.47 Å². The van der Waals surface area contributed by atoms with Crippen molar-refractivity contribution in [3.63, 3.8) is 0 Å². The molecule has 18 heavy (non-hydrogen) atoms. The van der Waals surface area contributed by atoms with E-state index in [1.807, 2.05) is 6.07 Å². The molecule has 1 aromatic carbocycles. The monoisotopic (exact) mass is 371 g/mol. The van der Waals surface area contributed by atoms with Gasteiger partial charge in [0.1, 0.15) is 5.82 Å². The molecule has 1 aromatic heterocycles. The van der Waals surface area contributed by atoms with E-state index in [0.29, 0.717) is 10.0 Å². The molecule has 0 aliphatic rings. The summed E-state index contributed by atoms with van der Waals surface area (Å²) in [5.74, 6) is -0.453. The molecular weight excluding hydrogens is 365 g/mol. The molecule has 0 amide bonds. The summed E-state index contributed by atoms with van der Waals surface area (Å²) < 4.78 is 14.2. The molecule has 0 aliphatic carbocycles. The molecule has 0 bridgehead atoms. The maximum atomic E-state index is 13.1. The summed E-state index contributed by atoms with van der Waals surface area (Å²) in [6.07, 6.45) is 3.54. The zero-order valence-electron chi connectivity index (χ0n) is 9.16. The second-order valence-electron chi connectivity index (χ2n) is 3.74. The predicted molar refractivity (Wildman–Crippen MR) is 74.1 cm³/mol. The van der Waals surface area contributed by atoms with E-state index in [1.165, 1.54) is 18.2 Å². The minimum Gasteiger partial charge on any atom is -0.294 e. The van der Waals surface area contributed by atoms with Gasteiger partial charge in [-0.25, -0.2) is 4.39 Å². The van der Waals surface area contributed by atoms with Gasteiger partial charge >= 0.3 is 0 Å². The fourth-order valence-electron chi connectivity index (χ4n) is 1.51. The van der Waals surface area contributed by atoms with Crippen LogP contribution >= 0.6 is 31.9 Å². The molecule has 1 heterocycles. The van der Waals surface area contributed by atoms with Crippen LogP contribution in [0, 0.1) is 5.82 Å². The lowest BCUT2D eigenvalue weighted by molar-refractivity contribution is 0.0993. The van der Waals surface area contributed by atoms with Gasteiger partial charge in [-0.1, -0.05) is 0 Å². The van der Waals surface area contributed by atoms with Gasteiger partial charge in [-0.2, -0.15) is 0 Å². The Bertz CT molecular complexity index is 601. The van der Waals surface area contributed by atoms with Crippen LogP contribution in [0.4, 0.5) is 4.39 Å². The maximum absolute atomic E-state index is 13.1. The fourth-order valence-corrected chi connectivity index (χ4v) is 2.30. The minimum absolute atomic E-state index is 0.0735. The molecule has 0 fully saturated rings. The standard InChI is InChI=1S/C13H8Br2FNO/c14-10-3-8(6-17-7-10)4-13(18)9-1-2-12(16)11(15)5-9/h1-3,5-7H,4H2. The quantitative estimate of drug-likeness (QED) is 0.757. The molecule has 0 unspecified atom stereocenters. The molecule has 5 heteroatoms. The molecule has 0 saturated heterocycles. The van der Waals surface area contributed by atoms with Crippen molar-refractivity contribution in [2.24, 2.45) is 0 Å². The second-order valence-corrected chi connectivity index (χ2v) is 5.51. The van der Waals surface area contributed by atoms with Crippen LogP contribution in [0.25, 0.3) is 0 Å². The van der Waals surface area contributed by atoms with Crippen LogP contribution < -0.4 is 0 Å². The van der Waals surface area contributed by atoms with E-state index in [1.54, 1.807) is 12.4 Å². The van der Waals surface area contributed by atoms with Gasteiger partial charge in [-0.3, -0.25) is 9.78 Å². The number of benzene rings is 1. The van der Waals surface area contributed by atoms with E-state index in [9.17, 15) is 9.18 Å². The molecule has 2 aromatic rings. The topological polar surface area (TPSA) is 30.0 Å². The number of hydrogen-bond donors (Lipinski definition) is 0. The second kappa shape index (κ2) is 5.71. The summed E-state index contributed by atoms with van der Waals surface area (Å²) >= 11 is 6.36. The smallest absolute Gasteiger partial charge is 0.167 e. The van der Waals surface area contributed by atoms with Gasteiger partial charge in [0.25, 0.3) is 0 Å². The number of hydrogen-bond acceptors (Lipinski definition) is 2. The average molecular weight is 373 g/mol. The predicted octanol–water partition coefficient (Wildman–Crippen LogP) is 4.17. The van der Waals surface area contributed by atoms with Crippen molar-refractivity contribution in [3.05, 3.63) is 62.5 Å². The zero-order chi connectivity index (χ0) is 13.1. The first-order valence-electron chi connectivity index (χ1n) is 5.14. The van der Waals surface area contributed by atoms with Gasteiger partial charge in [-0.05, 0) is 61.7 Å². The average Bonchev–Trinajstić information content (AvgIpc) is 2.32. The third kappa shape index (κ3) is 3.23. The number of aromatic nitrogens is 1. The van der Waals surface area contributed by atoms with Crippen LogP contribution in [0.5, 0.6) is 0 Å². The highest BCUT2D eigenvalue weighted by atomic mass is 79.9. The lowest BCUT2D eigenvalue weighted by atomic mass is 10.0. The van der Waals surface area contributed by atoms with E-state index in [2.05, 4.69) is 36.8 Å². The number of carbonyl (C=O) groups excluding carboxylic acids is 1. The lowest BCUT2D eigenvalue weighted by Crippen LogP contribution is -2.04. The maximum Gasteiger partial charge on any atom is 0.167 e. The van der Waals surface area contributed by atoms with Crippen LogP contribution in [-0.4, -0.2) is 10.8 Å². The van der Waals surface area contributed by atoms with Crippen molar-refractivity contribution in [2.45, 2.75) is 6.42 Å². The molecule has 0 spiro atoms. The molecule has 0 saturated carbocycles. The number of Topliss-reactive ketones (excluding diaryl/α,β-unsaturated/α-hetero) is 1. The van der Waals surface area contributed by atoms with Crippen molar-refractivity contribution in [2.75, 3.05) is 0 Å². The van der Waals surface area contributed by atoms with Crippen molar-refractivity contribution >= 4 is 37.6 Å². The molecule has 0 aliphatic heterocycles. The Hall–Kier alpha value is -1.07. The Morgan fingerprint density at radius 2 is 2.00 bits per heavy atom. The summed E-state index contributed by atoms with van der Waals surface area (Å²) in [6, 6.07) is 6.08. The summed E-state index contributed by atoms with van der Waals surface area (Å²) in [5, 5.41) is 0. The number of nitrogens with zero attached hydrogens (tertiary/aromatic N) is 1. The van der Waals surface area contributed by atoms with Crippen LogP contribution in [-0.2, 0) is 6.42 Å². The first-order valence-corrected chi connectivity index (χ1v) is 6.72. The minimum atomic E-state index is -0.379. The van der Waals surface area contributed by atoms with Crippen molar-refractivity contribution < 1.29 is 9.18 Å². The molecule has 92 valence electrons. The first kappa shape index (κ1) is 13.4. The number of pyridine rings is 1. The van der Waals surface area contributed by atoms with E-state index < -0.39 is 0 Å². The highest BCUT2D eigenvalue weighted by Crippen LogP contribution is 2.18. The third-order valence-electron chi connectivity index (χ3n) is 2.37.